The normalized spacial score (nSPS) is 11.4. The highest BCUT2D eigenvalue weighted by molar-refractivity contribution is 7.99. The van der Waals surface area contributed by atoms with Crippen molar-refractivity contribution in [1.82, 2.24) is 9.38 Å². The van der Waals surface area contributed by atoms with E-state index >= 15 is 0 Å². The van der Waals surface area contributed by atoms with Crippen molar-refractivity contribution >= 4 is 17.4 Å². The standard InChI is InChI=1S/C17H19N3S/c1-12(2)13-6-8-14(9-7-13)21-17-15(11-18)20-10-4-3-5-16(20)19-17/h3-10,12H,11,18H2,1-2H3. The van der Waals surface area contributed by atoms with Crippen LogP contribution in [0, 0.1) is 0 Å². The quantitative estimate of drug-likeness (QED) is 0.789. The van der Waals surface area contributed by atoms with Crippen molar-refractivity contribution in [2.24, 2.45) is 5.73 Å². The number of fused-ring (bicyclic) bond motifs is 1. The molecule has 0 aliphatic carbocycles. The third-order valence-corrected chi connectivity index (χ3v) is 4.57. The molecule has 0 aliphatic rings. The summed E-state index contributed by atoms with van der Waals surface area (Å²) in [4.78, 5) is 5.87. The maximum Gasteiger partial charge on any atom is 0.138 e. The third-order valence-electron chi connectivity index (χ3n) is 3.55. The molecule has 0 radical (unpaired) electrons. The summed E-state index contributed by atoms with van der Waals surface area (Å²) < 4.78 is 2.06. The first-order chi connectivity index (χ1) is 10.2. The molecule has 0 spiro atoms. The minimum atomic E-state index is 0.484. The van der Waals surface area contributed by atoms with E-state index in [2.05, 4.69) is 47.5 Å². The van der Waals surface area contributed by atoms with Crippen molar-refractivity contribution in [3.63, 3.8) is 0 Å². The van der Waals surface area contributed by atoms with Gasteiger partial charge in [0.1, 0.15) is 10.7 Å². The van der Waals surface area contributed by atoms with E-state index in [4.69, 9.17) is 5.73 Å². The molecule has 0 fully saturated rings. The van der Waals surface area contributed by atoms with Crippen LogP contribution in [0.3, 0.4) is 0 Å². The molecule has 108 valence electrons. The second-order valence-electron chi connectivity index (χ2n) is 5.32. The van der Waals surface area contributed by atoms with Gasteiger partial charge in [-0.15, -0.1) is 0 Å². The fourth-order valence-corrected chi connectivity index (χ4v) is 3.26. The van der Waals surface area contributed by atoms with Gasteiger partial charge in [0.05, 0.1) is 5.69 Å². The molecule has 0 aliphatic heterocycles. The van der Waals surface area contributed by atoms with Crippen molar-refractivity contribution in [3.05, 3.63) is 59.9 Å². The number of hydrogen-bond donors (Lipinski definition) is 1. The average molecular weight is 297 g/mol. The number of imidazole rings is 1. The van der Waals surface area contributed by atoms with Gasteiger partial charge in [-0.3, -0.25) is 0 Å². The van der Waals surface area contributed by atoms with Crippen LogP contribution in [0.15, 0.2) is 58.6 Å². The summed E-state index contributed by atoms with van der Waals surface area (Å²) in [6, 6.07) is 14.7. The molecule has 0 bridgehead atoms. The second kappa shape index (κ2) is 5.92. The molecular weight excluding hydrogens is 278 g/mol. The van der Waals surface area contributed by atoms with Crippen molar-refractivity contribution in [2.45, 2.75) is 36.2 Å². The zero-order chi connectivity index (χ0) is 14.8. The lowest BCUT2D eigenvalue weighted by atomic mass is 10.0. The van der Waals surface area contributed by atoms with Gasteiger partial charge in [0.25, 0.3) is 0 Å². The van der Waals surface area contributed by atoms with Gasteiger partial charge in [-0.1, -0.05) is 43.8 Å². The zero-order valence-electron chi connectivity index (χ0n) is 12.3. The van der Waals surface area contributed by atoms with Crippen LogP contribution in [0.4, 0.5) is 0 Å². The Balaban J connectivity index is 1.94. The van der Waals surface area contributed by atoms with Crippen LogP contribution in [0.5, 0.6) is 0 Å². The summed E-state index contributed by atoms with van der Waals surface area (Å²) in [5.74, 6) is 0.554. The lowest BCUT2D eigenvalue weighted by Gasteiger charge is -2.06. The molecule has 1 aromatic carbocycles. The Labute approximate surface area is 129 Å². The minimum Gasteiger partial charge on any atom is -0.325 e. The van der Waals surface area contributed by atoms with Crippen LogP contribution < -0.4 is 5.73 Å². The lowest BCUT2D eigenvalue weighted by Crippen LogP contribution is -2.01. The Hall–Kier alpha value is -1.78. The zero-order valence-corrected chi connectivity index (χ0v) is 13.1. The van der Waals surface area contributed by atoms with Crippen molar-refractivity contribution in [2.75, 3.05) is 0 Å². The van der Waals surface area contributed by atoms with Gasteiger partial charge in [-0.25, -0.2) is 4.98 Å². The van der Waals surface area contributed by atoms with E-state index in [-0.39, 0.29) is 0 Å². The molecule has 0 atom stereocenters. The number of nitrogens with zero attached hydrogens (tertiary/aromatic N) is 2. The summed E-state index contributed by atoms with van der Waals surface area (Å²) in [5, 5.41) is 0.987. The Morgan fingerprint density at radius 2 is 1.90 bits per heavy atom. The van der Waals surface area contributed by atoms with E-state index in [1.54, 1.807) is 11.8 Å². The first kappa shape index (κ1) is 14.2. The molecule has 0 unspecified atom stereocenters. The summed E-state index contributed by atoms with van der Waals surface area (Å²) >= 11 is 1.67. The Kier molecular flexibility index (Phi) is 3.99. The number of hydrogen-bond acceptors (Lipinski definition) is 3. The molecule has 3 aromatic rings. The van der Waals surface area contributed by atoms with Crippen molar-refractivity contribution in [1.29, 1.82) is 0 Å². The molecule has 21 heavy (non-hydrogen) atoms. The van der Waals surface area contributed by atoms with Gasteiger partial charge in [-0.2, -0.15) is 0 Å². The van der Waals surface area contributed by atoms with Gasteiger partial charge in [0, 0.05) is 17.6 Å². The lowest BCUT2D eigenvalue weighted by molar-refractivity contribution is 0.864. The molecule has 0 saturated carbocycles. The van der Waals surface area contributed by atoms with Crippen molar-refractivity contribution < 1.29 is 0 Å². The third kappa shape index (κ3) is 2.82. The van der Waals surface area contributed by atoms with Crippen LogP contribution in [0.25, 0.3) is 5.65 Å². The van der Waals surface area contributed by atoms with E-state index in [1.165, 1.54) is 10.5 Å². The predicted molar refractivity (Wildman–Crippen MR) is 87.7 cm³/mol. The SMILES string of the molecule is CC(C)c1ccc(Sc2nc3ccccn3c2CN)cc1. The molecular formula is C17H19N3S. The smallest absolute Gasteiger partial charge is 0.138 e. The topological polar surface area (TPSA) is 43.3 Å². The molecule has 2 aromatic heterocycles. The number of nitrogens with two attached hydrogens (primary N) is 1. The molecule has 3 nitrogen and oxygen atoms in total. The molecule has 2 heterocycles. The van der Waals surface area contributed by atoms with E-state index in [9.17, 15) is 0 Å². The summed E-state index contributed by atoms with van der Waals surface area (Å²) in [6.45, 7) is 4.89. The summed E-state index contributed by atoms with van der Waals surface area (Å²) in [7, 11) is 0. The first-order valence-corrected chi connectivity index (χ1v) is 7.94. The minimum absolute atomic E-state index is 0.484. The number of rotatable bonds is 4. The van der Waals surface area contributed by atoms with Gasteiger partial charge in [0.15, 0.2) is 0 Å². The van der Waals surface area contributed by atoms with E-state index < -0.39 is 0 Å². The second-order valence-corrected chi connectivity index (χ2v) is 6.38. The van der Waals surface area contributed by atoms with Gasteiger partial charge in [-0.05, 0) is 35.7 Å². The number of benzene rings is 1. The Morgan fingerprint density at radius 1 is 1.14 bits per heavy atom. The fraction of sp³-hybridized carbons (Fsp3) is 0.235. The van der Waals surface area contributed by atoms with Crippen LogP contribution in [-0.4, -0.2) is 9.38 Å². The van der Waals surface area contributed by atoms with Gasteiger partial charge < -0.3 is 10.1 Å². The van der Waals surface area contributed by atoms with E-state index in [0.29, 0.717) is 12.5 Å². The number of aromatic nitrogens is 2. The summed E-state index contributed by atoms with van der Waals surface area (Å²) in [6.07, 6.45) is 2.01. The highest BCUT2D eigenvalue weighted by atomic mass is 32.2. The van der Waals surface area contributed by atoms with E-state index in [1.807, 2.05) is 24.4 Å². The molecule has 0 saturated heterocycles. The van der Waals surface area contributed by atoms with Crippen LogP contribution in [0.1, 0.15) is 31.0 Å². The molecule has 3 rings (SSSR count). The van der Waals surface area contributed by atoms with Gasteiger partial charge >= 0.3 is 0 Å². The fourth-order valence-electron chi connectivity index (χ4n) is 2.32. The van der Waals surface area contributed by atoms with Crippen molar-refractivity contribution in [3.8, 4) is 0 Å². The largest absolute Gasteiger partial charge is 0.325 e. The maximum absolute atomic E-state index is 5.90. The average Bonchev–Trinajstić information content (AvgIpc) is 2.84. The number of pyridine rings is 1. The molecule has 2 N–H and O–H groups in total. The first-order valence-electron chi connectivity index (χ1n) is 7.13. The Bertz CT molecular complexity index is 744. The van der Waals surface area contributed by atoms with Gasteiger partial charge in [0.2, 0.25) is 0 Å². The maximum atomic E-state index is 5.90. The molecule has 0 amide bonds. The van der Waals surface area contributed by atoms with Crippen LogP contribution >= 0.6 is 11.8 Å². The van der Waals surface area contributed by atoms with E-state index in [0.717, 1.165) is 16.4 Å². The Morgan fingerprint density at radius 3 is 2.57 bits per heavy atom. The predicted octanol–water partition coefficient (Wildman–Crippen LogP) is 4.07. The highest BCUT2D eigenvalue weighted by Crippen LogP contribution is 2.31. The van der Waals surface area contributed by atoms with Crippen LogP contribution in [0.2, 0.25) is 0 Å². The highest BCUT2D eigenvalue weighted by Gasteiger charge is 2.12. The molecule has 4 heteroatoms. The van der Waals surface area contributed by atoms with Crippen LogP contribution in [-0.2, 0) is 6.54 Å². The summed E-state index contributed by atoms with van der Waals surface area (Å²) in [5.41, 5.74) is 9.26. The monoisotopic (exact) mass is 297 g/mol.